The van der Waals surface area contributed by atoms with Crippen molar-refractivity contribution in [3.63, 3.8) is 0 Å². The number of nitriles is 1. The molecule has 5 atom stereocenters. The number of ether oxygens (including phenoxy) is 3. The first-order valence-electron chi connectivity index (χ1n) is 11.9. The summed E-state index contributed by atoms with van der Waals surface area (Å²) in [5, 5.41) is 37.4. The molecule has 3 aromatic rings. The van der Waals surface area contributed by atoms with Gasteiger partial charge in [-0.3, -0.25) is 4.98 Å². The number of halogens is 1. The van der Waals surface area contributed by atoms with Gasteiger partial charge in [0, 0.05) is 32.0 Å². The molecular formula is C28H30ClN3O5. The largest absolute Gasteiger partial charge is 0.495 e. The summed E-state index contributed by atoms with van der Waals surface area (Å²) in [5.74, 6) is -0.203. The quantitative estimate of drug-likeness (QED) is 0.386. The highest BCUT2D eigenvalue weighted by molar-refractivity contribution is 5.85. The number of hydrogen-bond donors (Lipinski definition) is 3. The number of aliphatic hydroxyl groups is 2. The molecule has 2 aromatic carbocycles. The molecule has 1 aliphatic carbocycles. The number of hydrogen-bond acceptors (Lipinski definition) is 8. The van der Waals surface area contributed by atoms with Crippen LogP contribution in [0.15, 0.2) is 67.0 Å². The van der Waals surface area contributed by atoms with Crippen LogP contribution >= 0.6 is 12.4 Å². The molecule has 8 nitrogen and oxygen atoms in total. The number of nitrogens with zero attached hydrogens (tertiary/aromatic N) is 2. The van der Waals surface area contributed by atoms with Gasteiger partial charge in [0.2, 0.25) is 0 Å². The Balaban J connectivity index is 0.00000320. The normalized spacial score (nSPS) is 27.4. The van der Waals surface area contributed by atoms with E-state index in [-0.39, 0.29) is 12.4 Å². The van der Waals surface area contributed by atoms with Crippen molar-refractivity contribution in [2.45, 2.75) is 23.2 Å². The molecule has 0 unspecified atom stereocenters. The molecule has 37 heavy (non-hydrogen) atoms. The lowest BCUT2D eigenvalue weighted by Crippen LogP contribution is -2.52. The minimum Gasteiger partial charge on any atom is -0.495 e. The fraction of sp³-hybridized carbons (Fsp3) is 0.357. The zero-order valence-corrected chi connectivity index (χ0v) is 21.4. The highest BCUT2D eigenvalue weighted by Crippen LogP contribution is 2.69. The Labute approximate surface area is 222 Å². The van der Waals surface area contributed by atoms with Crippen molar-refractivity contribution >= 4 is 12.4 Å². The minimum atomic E-state index is -1.86. The average molecular weight is 524 g/mol. The predicted octanol–water partition coefficient (Wildman–Crippen LogP) is 2.87. The monoisotopic (exact) mass is 523 g/mol. The first-order chi connectivity index (χ1) is 17.5. The molecular weight excluding hydrogens is 494 g/mol. The van der Waals surface area contributed by atoms with Crippen LogP contribution in [0.4, 0.5) is 0 Å². The lowest BCUT2D eigenvalue weighted by atomic mass is 9.70. The Kier molecular flexibility index (Phi) is 7.74. The fourth-order valence-corrected chi connectivity index (χ4v) is 6.00. The maximum atomic E-state index is 12.7. The van der Waals surface area contributed by atoms with E-state index in [4.69, 9.17) is 14.2 Å². The molecule has 5 rings (SSSR count). The van der Waals surface area contributed by atoms with Gasteiger partial charge in [-0.05, 0) is 23.3 Å². The van der Waals surface area contributed by atoms with Gasteiger partial charge in [0.25, 0.3) is 0 Å². The van der Waals surface area contributed by atoms with Crippen LogP contribution < -0.4 is 14.8 Å². The van der Waals surface area contributed by atoms with Crippen molar-refractivity contribution in [2.24, 2.45) is 5.92 Å². The van der Waals surface area contributed by atoms with E-state index in [1.54, 1.807) is 37.6 Å². The Morgan fingerprint density at radius 2 is 1.84 bits per heavy atom. The molecule has 0 bridgehead atoms. The Morgan fingerprint density at radius 1 is 1.11 bits per heavy atom. The van der Waals surface area contributed by atoms with Crippen molar-refractivity contribution in [1.82, 2.24) is 10.3 Å². The summed E-state index contributed by atoms with van der Waals surface area (Å²) in [6.07, 6.45) is 1.84. The number of methoxy groups -OCH3 is 2. The second-order valence-corrected chi connectivity index (χ2v) is 9.20. The molecule has 2 heterocycles. The number of fused-ring (bicyclic) bond motifs is 3. The molecule has 0 spiro atoms. The van der Waals surface area contributed by atoms with E-state index in [0.29, 0.717) is 47.9 Å². The van der Waals surface area contributed by atoms with E-state index >= 15 is 0 Å². The third kappa shape index (κ3) is 3.95. The molecule has 1 aliphatic heterocycles. The summed E-state index contributed by atoms with van der Waals surface area (Å²) in [6, 6.07) is 18.9. The molecule has 0 amide bonds. The molecule has 1 aromatic heterocycles. The number of pyridine rings is 1. The van der Waals surface area contributed by atoms with Crippen molar-refractivity contribution in [1.29, 1.82) is 5.26 Å². The van der Waals surface area contributed by atoms with E-state index in [1.807, 2.05) is 30.3 Å². The van der Waals surface area contributed by atoms with Crippen LogP contribution in [-0.2, 0) is 15.9 Å². The van der Waals surface area contributed by atoms with E-state index in [1.165, 1.54) is 13.3 Å². The number of aromatic nitrogens is 1. The van der Waals surface area contributed by atoms with E-state index < -0.39 is 29.1 Å². The number of nitrogens with one attached hydrogen (secondary N) is 1. The van der Waals surface area contributed by atoms with Gasteiger partial charge in [0.05, 0.1) is 49.4 Å². The van der Waals surface area contributed by atoms with Gasteiger partial charge < -0.3 is 29.7 Å². The highest BCUT2D eigenvalue weighted by Gasteiger charge is 2.76. The first-order valence-corrected chi connectivity index (χ1v) is 11.9. The second-order valence-electron chi connectivity index (χ2n) is 9.20. The maximum Gasteiger partial charge on any atom is 0.177 e. The summed E-state index contributed by atoms with van der Waals surface area (Å²) in [4.78, 5) is 4.24. The summed E-state index contributed by atoms with van der Waals surface area (Å²) in [6.45, 7) is 1.52. The van der Waals surface area contributed by atoms with E-state index in [9.17, 15) is 15.5 Å². The van der Waals surface area contributed by atoms with Crippen LogP contribution in [0, 0.1) is 17.2 Å². The molecule has 0 radical (unpaired) electrons. The summed E-state index contributed by atoms with van der Waals surface area (Å²) in [5.41, 5.74) is -0.852. The molecule has 1 fully saturated rings. The predicted molar refractivity (Wildman–Crippen MR) is 139 cm³/mol. The SMILES string of the molecule is COCCNC[C@H]1[C@@H](O)[C@@]2(O)c3c(OC)cncc3O[C@@]2(c2ccc(C#N)cc2)[C@@H]1c1ccccc1.Cl. The van der Waals surface area contributed by atoms with Crippen LogP contribution in [0.1, 0.15) is 28.2 Å². The summed E-state index contributed by atoms with van der Waals surface area (Å²) < 4.78 is 17.5. The molecule has 194 valence electrons. The average Bonchev–Trinajstić information content (AvgIpc) is 3.30. The Morgan fingerprint density at radius 3 is 2.49 bits per heavy atom. The number of aliphatic hydroxyl groups excluding tert-OH is 1. The number of benzene rings is 2. The highest BCUT2D eigenvalue weighted by atomic mass is 35.5. The number of rotatable bonds is 8. The Bertz CT molecular complexity index is 1270. The van der Waals surface area contributed by atoms with Gasteiger partial charge in [-0.15, -0.1) is 12.4 Å². The van der Waals surface area contributed by atoms with Crippen molar-refractivity contribution in [3.8, 4) is 17.6 Å². The summed E-state index contributed by atoms with van der Waals surface area (Å²) >= 11 is 0. The smallest absolute Gasteiger partial charge is 0.177 e. The third-order valence-electron chi connectivity index (χ3n) is 7.48. The fourth-order valence-electron chi connectivity index (χ4n) is 6.00. The topological polar surface area (TPSA) is 117 Å². The van der Waals surface area contributed by atoms with Gasteiger partial charge in [-0.2, -0.15) is 5.26 Å². The Hall–Kier alpha value is -3.19. The maximum absolute atomic E-state index is 12.7. The lowest BCUT2D eigenvalue weighted by molar-refractivity contribution is -0.152. The molecule has 1 saturated carbocycles. The van der Waals surface area contributed by atoms with Crippen LogP contribution in [-0.4, -0.2) is 55.2 Å². The van der Waals surface area contributed by atoms with Gasteiger partial charge in [0.15, 0.2) is 11.2 Å². The minimum absolute atomic E-state index is 0. The van der Waals surface area contributed by atoms with Crippen molar-refractivity contribution in [2.75, 3.05) is 33.9 Å². The molecule has 9 heteroatoms. The van der Waals surface area contributed by atoms with Crippen molar-refractivity contribution < 1.29 is 24.4 Å². The zero-order valence-electron chi connectivity index (χ0n) is 20.6. The lowest BCUT2D eigenvalue weighted by Gasteiger charge is -2.41. The standard InChI is InChI=1S/C28H29N3O5.ClH/c1-34-13-12-30-15-21-24(19-6-4-3-5-7-19)28(20-10-8-18(14-29)9-11-20)27(33,26(21)32)25-22(35-2)16-31-17-23(25)36-28;/h3-11,16-17,21,24,26,30,32-33H,12-13,15H2,1-2H3;1H/t21-,24-,26-,27+,28+;/m1./s1. The van der Waals surface area contributed by atoms with Crippen LogP contribution in [0.2, 0.25) is 0 Å². The molecule has 2 aliphatic rings. The van der Waals surface area contributed by atoms with E-state index in [2.05, 4.69) is 16.4 Å². The molecule has 3 N–H and O–H groups in total. The summed E-state index contributed by atoms with van der Waals surface area (Å²) in [7, 11) is 3.14. The van der Waals surface area contributed by atoms with Gasteiger partial charge in [-0.1, -0.05) is 42.5 Å². The van der Waals surface area contributed by atoms with Gasteiger partial charge in [-0.25, -0.2) is 0 Å². The van der Waals surface area contributed by atoms with Gasteiger partial charge in [0.1, 0.15) is 11.5 Å². The van der Waals surface area contributed by atoms with Crippen molar-refractivity contribution in [3.05, 3.63) is 89.2 Å². The third-order valence-corrected chi connectivity index (χ3v) is 7.48. The van der Waals surface area contributed by atoms with E-state index in [0.717, 1.165) is 5.56 Å². The van der Waals surface area contributed by atoms with Crippen LogP contribution in [0.5, 0.6) is 11.5 Å². The molecule has 0 saturated heterocycles. The second kappa shape index (κ2) is 10.7. The first kappa shape index (κ1) is 26.9. The van der Waals surface area contributed by atoms with Crippen LogP contribution in [0.25, 0.3) is 0 Å². The zero-order chi connectivity index (χ0) is 25.3. The van der Waals surface area contributed by atoms with Crippen LogP contribution in [0.3, 0.4) is 0 Å². The van der Waals surface area contributed by atoms with Gasteiger partial charge >= 0.3 is 0 Å².